The largest absolute Gasteiger partial charge is 0.462 e. The first-order valence-electron chi connectivity index (χ1n) is 26.6. The van der Waals surface area contributed by atoms with E-state index in [1.807, 2.05) is 0 Å². The van der Waals surface area contributed by atoms with Crippen LogP contribution in [0.2, 0.25) is 0 Å². The minimum atomic E-state index is -0.763. The average Bonchev–Trinajstić information content (AvgIpc) is 3.22. The number of unbranched alkanes of at least 4 members (excludes halogenated alkanes) is 29. The van der Waals surface area contributed by atoms with Gasteiger partial charge in [0.2, 0.25) is 0 Å². The van der Waals surface area contributed by atoms with Gasteiger partial charge in [-0.15, -0.1) is 0 Å². The zero-order chi connectivity index (χ0) is 44.2. The predicted molar refractivity (Wildman–Crippen MR) is 256 cm³/mol. The molecule has 0 aromatic rings. The third-order valence-corrected chi connectivity index (χ3v) is 12.5. The zero-order valence-electron chi connectivity index (χ0n) is 41.3. The lowest BCUT2D eigenvalue weighted by atomic mass is 10.00. The van der Waals surface area contributed by atoms with Crippen molar-refractivity contribution in [3.05, 3.63) is 0 Å². The Morgan fingerprint density at radius 1 is 0.333 bits per heavy atom. The second-order valence-corrected chi connectivity index (χ2v) is 19.7. The number of rotatable bonds is 47. The Morgan fingerprint density at radius 3 is 0.867 bits per heavy atom. The summed E-state index contributed by atoms with van der Waals surface area (Å²) >= 11 is 0. The van der Waals surface area contributed by atoms with Crippen LogP contribution in [0.1, 0.15) is 292 Å². The van der Waals surface area contributed by atoms with E-state index >= 15 is 0 Å². The zero-order valence-corrected chi connectivity index (χ0v) is 41.3. The van der Waals surface area contributed by atoms with Crippen LogP contribution in [0, 0.1) is 17.8 Å². The molecule has 0 aromatic heterocycles. The number of esters is 3. The van der Waals surface area contributed by atoms with E-state index in [1.54, 1.807) is 0 Å². The summed E-state index contributed by atoms with van der Waals surface area (Å²) in [5.74, 6) is 1.61. The molecule has 356 valence electrons. The molecule has 0 aliphatic rings. The van der Waals surface area contributed by atoms with Crippen molar-refractivity contribution in [2.75, 3.05) is 13.2 Å². The van der Waals surface area contributed by atoms with Crippen LogP contribution in [0.15, 0.2) is 0 Å². The van der Waals surface area contributed by atoms with Crippen molar-refractivity contribution >= 4 is 17.9 Å². The molecule has 0 saturated heterocycles. The highest BCUT2D eigenvalue weighted by Crippen LogP contribution is 2.18. The van der Waals surface area contributed by atoms with E-state index in [0.29, 0.717) is 19.3 Å². The molecule has 60 heavy (non-hydrogen) atoms. The summed E-state index contributed by atoms with van der Waals surface area (Å²) in [4.78, 5) is 37.9. The highest BCUT2D eigenvalue weighted by molar-refractivity contribution is 5.71. The molecule has 0 heterocycles. The Labute approximate surface area is 374 Å². The molecule has 0 fully saturated rings. The van der Waals surface area contributed by atoms with Crippen LogP contribution in [0.4, 0.5) is 0 Å². The monoisotopic (exact) mass is 849 g/mol. The van der Waals surface area contributed by atoms with Crippen LogP contribution >= 0.6 is 0 Å². The van der Waals surface area contributed by atoms with Gasteiger partial charge in [-0.05, 0) is 37.0 Å². The van der Waals surface area contributed by atoms with Crippen LogP contribution in [-0.2, 0) is 28.6 Å². The van der Waals surface area contributed by atoms with Gasteiger partial charge in [-0.1, -0.05) is 253 Å². The van der Waals surface area contributed by atoms with E-state index in [-0.39, 0.29) is 31.1 Å². The molecular formula is C54H104O6. The van der Waals surface area contributed by atoms with E-state index in [1.165, 1.54) is 173 Å². The van der Waals surface area contributed by atoms with Crippen LogP contribution in [0.3, 0.4) is 0 Å². The highest BCUT2D eigenvalue weighted by Gasteiger charge is 2.19. The highest BCUT2D eigenvalue weighted by atomic mass is 16.6. The lowest BCUT2D eigenvalue weighted by Crippen LogP contribution is -2.30. The smallest absolute Gasteiger partial charge is 0.306 e. The Morgan fingerprint density at radius 2 is 0.583 bits per heavy atom. The normalized spacial score (nSPS) is 12.6. The molecule has 0 amide bonds. The molecule has 0 spiro atoms. The molecule has 0 aliphatic carbocycles. The number of hydrogen-bond acceptors (Lipinski definition) is 6. The Bertz CT molecular complexity index is 931. The summed E-state index contributed by atoms with van der Waals surface area (Å²) in [6, 6.07) is 0. The molecule has 1 unspecified atom stereocenters. The van der Waals surface area contributed by atoms with E-state index in [2.05, 4.69) is 41.5 Å². The summed E-state index contributed by atoms with van der Waals surface area (Å²) in [5.41, 5.74) is 0. The Kier molecular flexibility index (Phi) is 44.2. The lowest BCUT2D eigenvalue weighted by molar-refractivity contribution is -0.167. The maximum Gasteiger partial charge on any atom is 0.306 e. The molecule has 0 radical (unpaired) electrons. The maximum absolute atomic E-state index is 12.7. The van der Waals surface area contributed by atoms with Crippen molar-refractivity contribution in [1.29, 1.82) is 0 Å². The van der Waals surface area contributed by atoms with Crippen molar-refractivity contribution < 1.29 is 28.6 Å². The molecule has 0 N–H and O–H groups in total. The quantitative estimate of drug-likeness (QED) is 0.0345. The minimum Gasteiger partial charge on any atom is -0.462 e. The fraction of sp³-hybridized carbons (Fsp3) is 0.944. The van der Waals surface area contributed by atoms with Gasteiger partial charge in [0, 0.05) is 19.3 Å². The van der Waals surface area contributed by atoms with Crippen molar-refractivity contribution in [2.45, 2.75) is 298 Å². The maximum atomic E-state index is 12.7. The SMILES string of the molecule is CCC(C)CCCCCCCCC(=O)OC[C@H](COC(=O)CCCCCCCCCCCCCCCCCCCCC(C)C)OC(=O)CCCCCCCCCCC(C)C. The second-order valence-electron chi connectivity index (χ2n) is 19.7. The third-order valence-electron chi connectivity index (χ3n) is 12.5. The van der Waals surface area contributed by atoms with Crippen molar-refractivity contribution in [3.63, 3.8) is 0 Å². The summed E-state index contributed by atoms with van der Waals surface area (Å²) < 4.78 is 16.8. The first kappa shape index (κ1) is 58.4. The van der Waals surface area contributed by atoms with Gasteiger partial charge in [0.1, 0.15) is 13.2 Å². The molecule has 0 saturated carbocycles. The second kappa shape index (κ2) is 45.4. The number of carbonyl (C=O) groups excluding carboxylic acids is 3. The van der Waals surface area contributed by atoms with Crippen LogP contribution in [0.25, 0.3) is 0 Å². The minimum absolute atomic E-state index is 0.0655. The Hall–Kier alpha value is -1.59. The molecule has 2 atom stereocenters. The van der Waals surface area contributed by atoms with E-state index < -0.39 is 6.10 Å². The summed E-state index contributed by atoms with van der Waals surface area (Å²) in [6.07, 6.45) is 45.4. The fourth-order valence-electron chi connectivity index (χ4n) is 8.08. The van der Waals surface area contributed by atoms with E-state index in [9.17, 15) is 14.4 Å². The molecule has 0 bridgehead atoms. The molecule has 0 aliphatic heterocycles. The van der Waals surface area contributed by atoms with Gasteiger partial charge in [0.25, 0.3) is 0 Å². The van der Waals surface area contributed by atoms with Gasteiger partial charge in [-0.2, -0.15) is 0 Å². The van der Waals surface area contributed by atoms with Gasteiger partial charge >= 0.3 is 17.9 Å². The summed E-state index contributed by atoms with van der Waals surface area (Å²) in [7, 11) is 0. The summed E-state index contributed by atoms with van der Waals surface area (Å²) in [5, 5.41) is 0. The number of hydrogen-bond donors (Lipinski definition) is 0. The van der Waals surface area contributed by atoms with Gasteiger partial charge in [0.05, 0.1) is 0 Å². The predicted octanol–water partition coefficient (Wildman–Crippen LogP) is 17.2. The lowest BCUT2D eigenvalue weighted by Gasteiger charge is -2.18. The van der Waals surface area contributed by atoms with Crippen LogP contribution < -0.4 is 0 Å². The third kappa shape index (κ3) is 45.9. The van der Waals surface area contributed by atoms with Gasteiger partial charge in [0.15, 0.2) is 6.10 Å². The van der Waals surface area contributed by atoms with E-state index in [0.717, 1.165) is 75.5 Å². The van der Waals surface area contributed by atoms with Crippen molar-refractivity contribution in [3.8, 4) is 0 Å². The standard InChI is InChI=1S/C54H104O6/c1-7-50(6)42-36-30-26-27-32-38-44-53(56)59-47-51(60-54(57)45-39-33-25-21-20-23-29-35-41-49(4)5)46-58-52(55)43-37-31-24-19-17-15-13-11-9-8-10-12-14-16-18-22-28-34-40-48(2)3/h48-51H,7-47H2,1-6H3/t50?,51-/m0/s1. The van der Waals surface area contributed by atoms with E-state index in [4.69, 9.17) is 14.2 Å². The number of carbonyl (C=O) groups is 3. The average molecular weight is 849 g/mol. The first-order chi connectivity index (χ1) is 29.1. The van der Waals surface area contributed by atoms with Crippen molar-refractivity contribution in [1.82, 2.24) is 0 Å². The topological polar surface area (TPSA) is 78.9 Å². The fourth-order valence-corrected chi connectivity index (χ4v) is 8.08. The summed E-state index contributed by atoms with van der Waals surface area (Å²) in [6.45, 7) is 13.7. The first-order valence-corrected chi connectivity index (χ1v) is 26.6. The van der Waals surface area contributed by atoms with Crippen LogP contribution in [-0.4, -0.2) is 37.2 Å². The molecule has 0 rings (SSSR count). The van der Waals surface area contributed by atoms with Crippen LogP contribution in [0.5, 0.6) is 0 Å². The Balaban J connectivity index is 4.19. The molecule has 0 aromatic carbocycles. The molecular weight excluding hydrogens is 745 g/mol. The van der Waals surface area contributed by atoms with Gasteiger partial charge in [-0.25, -0.2) is 0 Å². The molecule has 6 nitrogen and oxygen atoms in total. The molecule has 6 heteroatoms. The van der Waals surface area contributed by atoms with Gasteiger partial charge < -0.3 is 14.2 Å². The van der Waals surface area contributed by atoms with Crippen molar-refractivity contribution in [2.24, 2.45) is 17.8 Å². The number of ether oxygens (including phenoxy) is 3. The van der Waals surface area contributed by atoms with Gasteiger partial charge in [-0.3, -0.25) is 14.4 Å².